The zero-order valence-corrected chi connectivity index (χ0v) is 38.1. The Morgan fingerprint density at radius 3 is 1.61 bits per heavy atom. The topological polar surface area (TPSA) is 127 Å². The van der Waals surface area contributed by atoms with Crippen molar-refractivity contribution in [2.45, 2.75) is 27.7 Å². The third-order valence-corrected chi connectivity index (χ3v) is 13.4. The fraction of sp³-hybridized carbons (Fsp3) is 0.0714. The van der Waals surface area contributed by atoms with E-state index in [1.165, 1.54) is 24.3 Å². The van der Waals surface area contributed by atoms with Gasteiger partial charge in [0.05, 0.1) is 10.8 Å². The molecule has 0 atom stereocenters. The molecule has 10 heteroatoms. The summed E-state index contributed by atoms with van der Waals surface area (Å²) in [6.45, 7) is 8.21. The van der Waals surface area contributed by atoms with Crippen molar-refractivity contribution < 1.29 is 30.3 Å². The van der Waals surface area contributed by atoms with Crippen molar-refractivity contribution in [1.82, 2.24) is 4.58 Å². The number of rotatable bonds is 9. The number of allylic oxidation sites excluding steroid dienone is 4. The van der Waals surface area contributed by atoms with Gasteiger partial charge in [-0.3, -0.25) is 4.79 Å². The van der Waals surface area contributed by atoms with Gasteiger partial charge in [0, 0.05) is 62.6 Å². The Morgan fingerprint density at radius 1 is 0.576 bits per heavy atom. The number of phenolic OH excluding ortho intramolecular Hbond substituents is 4. The molecule has 0 saturated carbocycles. The molecule has 66 heavy (non-hydrogen) atoms. The van der Waals surface area contributed by atoms with Gasteiger partial charge in [-0.25, -0.2) is 0 Å². The number of thioether (sulfide) groups is 1. The van der Waals surface area contributed by atoms with Crippen molar-refractivity contribution in [3.8, 4) is 23.0 Å². The molecule has 9 rings (SSSR count). The highest BCUT2D eigenvalue weighted by molar-refractivity contribution is 8.18. The van der Waals surface area contributed by atoms with Crippen molar-refractivity contribution >= 4 is 91.1 Å². The molecule has 8 nitrogen and oxygen atoms in total. The van der Waals surface area contributed by atoms with Crippen LogP contribution in [0.4, 0.5) is 27.8 Å². The van der Waals surface area contributed by atoms with Gasteiger partial charge < -0.3 is 30.4 Å². The molecule has 1 aromatic heterocycles. The van der Waals surface area contributed by atoms with Gasteiger partial charge in [-0.2, -0.15) is 0 Å². The molecule has 2 heterocycles. The minimum atomic E-state index is -0.821. The number of carbonyl (C=O) groups is 1. The highest BCUT2D eigenvalue weighted by Crippen LogP contribution is 2.45. The van der Waals surface area contributed by atoms with E-state index in [9.17, 15) is 30.3 Å². The highest BCUT2D eigenvalue weighted by atomic mass is 32.2. The Hall–Kier alpha value is -7.79. The number of phenols is 4. The van der Waals surface area contributed by atoms with Crippen LogP contribution in [0.5, 0.6) is 23.0 Å². The lowest BCUT2D eigenvalue weighted by molar-refractivity contribution is -0.293. The highest BCUT2D eigenvalue weighted by Gasteiger charge is 2.34. The lowest BCUT2D eigenvalue weighted by atomic mass is 9.81. The quantitative estimate of drug-likeness (QED) is 0.106. The van der Waals surface area contributed by atoms with E-state index in [0.29, 0.717) is 10.8 Å². The number of ketones is 1. The summed E-state index contributed by atoms with van der Waals surface area (Å²) in [5.74, 6) is -3.50. The molecule has 0 radical (unpaired) electrons. The molecular weight excluding hydrogens is 861 g/mol. The van der Waals surface area contributed by atoms with E-state index in [-0.39, 0.29) is 10.8 Å². The van der Waals surface area contributed by atoms with Gasteiger partial charge in [0.25, 0.3) is 5.04 Å². The lowest BCUT2D eigenvalue weighted by Gasteiger charge is -2.31. The third-order valence-electron chi connectivity index (χ3n) is 11.4. The smallest absolute Gasteiger partial charge is 0.251 e. The van der Waals surface area contributed by atoms with E-state index in [4.69, 9.17) is 0 Å². The number of aryl methyl sites for hydroxylation is 4. The van der Waals surface area contributed by atoms with Gasteiger partial charge in [0.2, 0.25) is 11.4 Å². The second-order valence-electron chi connectivity index (χ2n) is 16.3. The summed E-state index contributed by atoms with van der Waals surface area (Å²) in [5.41, 5.74) is 7.98. The number of nitrogens with zero attached hydrogens (tertiary/aromatic N) is 2. The van der Waals surface area contributed by atoms with E-state index in [2.05, 4.69) is 134 Å². The fourth-order valence-corrected chi connectivity index (χ4v) is 9.77. The predicted molar refractivity (Wildman–Crippen MR) is 270 cm³/mol. The average Bonchev–Trinajstić information content (AvgIpc) is 3.97. The van der Waals surface area contributed by atoms with Gasteiger partial charge in [0.15, 0.2) is 5.78 Å². The van der Waals surface area contributed by atoms with Gasteiger partial charge >= 0.3 is 0 Å². The molecule has 6 aromatic carbocycles. The Balaban J connectivity index is 0.958. The van der Waals surface area contributed by atoms with Gasteiger partial charge in [-0.15, -0.1) is 15.9 Å². The molecule has 2 aliphatic rings. The molecule has 1 aliphatic carbocycles. The molecule has 0 saturated heterocycles. The summed E-state index contributed by atoms with van der Waals surface area (Å²) in [5, 5.41) is 60.1. The Bertz CT molecular complexity index is 3210. The first-order chi connectivity index (χ1) is 31.8. The molecular formula is C56H44N2O6S2. The number of hydrogen-bond donors (Lipinski definition) is 4. The van der Waals surface area contributed by atoms with Crippen LogP contribution in [0, 0.1) is 27.7 Å². The number of thiophene rings is 1. The summed E-state index contributed by atoms with van der Waals surface area (Å²) in [6, 6.07) is 42.8. The molecule has 0 fully saturated rings. The Kier molecular flexibility index (Phi) is 11.9. The van der Waals surface area contributed by atoms with Crippen LogP contribution >= 0.6 is 23.1 Å². The van der Waals surface area contributed by atoms with Crippen molar-refractivity contribution in [1.29, 1.82) is 0 Å². The first kappa shape index (κ1) is 43.5. The normalized spacial score (nSPS) is 14.1. The second-order valence-corrected chi connectivity index (χ2v) is 18.5. The maximum absolute atomic E-state index is 13.6. The second kappa shape index (κ2) is 18.0. The first-order valence-electron chi connectivity index (χ1n) is 21.2. The number of benzene rings is 6. The van der Waals surface area contributed by atoms with Gasteiger partial charge in [-0.1, -0.05) is 88.7 Å². The molecule has 7 aromatic rings. The number of anilines is 3. The van der Waals surface area contributed by atoms with Gasteiger partial charge in [0.1, 0.15) is 28.0 Å². The van der Waals surface area contributed by atoms with Gasteiger partial charge in [-0.05, 0) is 129 Å². The third kappa shape index (κ3) is 8.72. The summed E-state index contributed by atoms with van der Waals surface area (Å²) in [7, 11) is 0. The number of aromatic hydroxyl groups is 4. The number of hydrogen-bond acceptors (Lipinski definition) is 9. The van der Waals surface area contributed by atoms with Crippen LogP contribution in [-0.2, 0) is 4.79 Å². The zero-order chi connectivity index (χ0) is 46.2. The van der Waals surface area contributed by atoms with Crippen LogP contribution in [-0.4, -0.2) is 31.3 Å². The molecule has 0 unspecified atom stereocenters. The maximum atomic E-state index is 13.6. The average molecular weight is 905 g/mol. The van der Waals surface area contributed by atoms with Crippen molar-refractivity contribution in [3.63, 3.8) is 0 Å². The Labute approximate surface area is 390 Å². The van der Waals surface area contributed by atoms with E-state index in [1.807, 2.05) is 36.4 Å². The van der Waals surface area contributed by atoms with Crippen molar-refractivity contribution in [2.24, 2.45) is 0 Å². The summed E-state index contributed by atoms with van der Waals surface area (Å²) in [4.78, 5) is 17.6. The monoisotopic (exact) mass is 904 g/mol. The molecule has 4 N–H and O–H groups in total. The minimum absolute atomic E-state index is 0.312. The van der Waals surface area contributed by atoms with E-state index in [1.54, 1.807) is 35.3 Å². The molecule has 0 spiro atoms. The lowest BCUT2D eigenvalue weighted by Crippen LogP contribution is -2.33. The molecule has 0 bridgehead atoms. The van der Waals surface area contributed by atoms with E-state index < -0.39 is 45.7 Å². The summed E-state index contributed by atoms with van der Waals surface area (Å²) >= 11 is 3.13. The molecule has 0 amide bonds. The van der Waals surface area contributed by atoms with E-state index >= 15 is 0 Å². The summed E-state index contributed by atoms with van der Waals surface area (Å²) in [6.07, 6.45) is 11.2. The van der Waals surface area contributed by atoms with Crippen LogP contribution in [0.3, 0.4) is 0 Å². The van der Waals surface area contributed by atoms with Crippen LogP contribution in [0.1, 0.15) is 38.3 Å². The van der Waals surface area contributed by atoms with Crippen LogP contribution in [0.25, 0.3) is 29.4 Å². The molecule has 326 valence electrons. The maximum Gasteiger partial charge on any atom is 0.251 e. The van der Waals surface area contributed by atoms with Crippen LogP contribution in [0.15, 0.2) is 162 Å². The fourth-order valence-electron chi connectivity index (χ4n) is 7.86. The van der Waals surface area contributed by atoms with Crippen LogP contribution < -0.4 is 25.0 Å². The molecule has 1 aliphatic heterocycles. The number of carbonyl (C=O) groups excluding carboxylic acids is 1. The van der Waals surface area contributed by atoms with Crippen LogP contribution in [0.2, 0.25) is 0 Å². The Morgan fingerprint density at radius 2 is 1.09 bits per heavy atom. The predicted octanol–water partition coefficient (Wildman–Crippen LogP) is 10.9. The van der Waals surface area contributed by atoms with Crippen molar-refractivity contribution in [2.75, 3.05) is 4.90 Å². The van der Waals surface area contributed by atoms with Crippen molar-refractivity contribution in [3.05, 3.63) is 211 Å². The minimum Gasteiger partial charge on any atom is -0.871 e. The van der Waals surface area contributed by atoms with E-state index in [0.717, 1.165) is 64.8 Å². The number of Topliss-reactive ketones (excluding diaryl/α,β-unsaturated/α-hetero) is 1. The first-order valence-corrected chi connectivity index (χ1v) is 22.8. The SMILES string of the molecule is Cc1ccc(N(c2ccc(C)cc2)c2ccc(/C=C/c3cc(O)c(C4=C([O-])C(=c5c(O)cc(=C/C=C6\C=CC(=[N+](c7ccc(C)cc7)c7ccc(C)cc7)S6)cc5O)C4=O)c(O)c3)s2)cc1. The standard InChI is InChI=1S/C56H44N2O6S2/c1-33-5-15-39(16-6-33)57(40-17-7-34(2)8-18-40)49-27-25-43(65-49)23-13-37-29-45(59)51(46(60)30-37)53-55(63)54(56(53)64)52-47(61)31-38(32-48(52)62)14-24-44-26-28-50(66-44)58(41-19-9-35(3)10-20-41)42-21-11-36(4)12-22-42/h5-32H,1-4H3,(H4,59,60,61,62,63,64)/b23-13+. The summed E-state index contributed by atoms with van der Waals surface area (Å²) < 4.78 is 2.18. The largest absolute Gasteiger partial charge is 0.871 e. The zero-order valence-electron chi connectivity index (χ0n) is 36.5.